The van der Waals surface area contributed by atoms with E-state index in [2.05, 4.69) is 20.8 Å². The zero-order valence-corrected chi connectivity index (χ0v) is 13.4. The standard InChI is InChI=1S/C18H28B2/c1-10-4-13-7-15-14(10)6-12-5-11(2)18(9-13,16(15)8-12)17(3,19)20/h10-16H,4-9H2,1-3H3. The highest BCUT2D eigenvalue weighted by Crippen LogP contribution is 2.72. The van der Waals surface area contributed by atoms with Crippen LogP contribution in [0.15, 0.2) is 0 Å². The first-order valence-corrected chi connectivity index (χ1v) is 8.90. The van der Waals surface area contributed by atoms with Crippen molar-refractivity contribution in [1.82, 2.24) is 0 Å². The maximum absolute atomic E-state index is 6.62. The number of rotatable bonds is 1. The van der Waals surface area contributed by atoms with Gasteiger partial charge in [-0.2, -0.15) is 0 Å². The molecule has 0 N–H and O–H groups in total. The summed E-state index contributed by atoms with van der Waals surface area (Å²) in [5, 5.41) is -0.499. The molecule has 8 atom stereocenters. The Morgan fingerprint density at radius 1 is 0.900 bits per heavy atom. The van der Waals surface area contributed by atoms with Gasteiger partial charge in [0.2, 0.25) is 0 Å². The van der Waals surface area contributed by atoms with Crippen LogP contribution >= 0.6 is 0 Å². The third-order valence-electron chi connectivity index (χ3n) is 8.16. The molecule has 4 saturated carbocycles. The van der Waals surface area contributed by atoms with Crippen molar-refractivity contribution in [2.75, 3.05) is 0 Å². The van der Waals surface area contributed by atoms with E-state index in [1.165, 1.54) is 38.5 Å². The highest BCUT2D eigenvalue weighted by Gasteiger charge is 2.63. The van der Waals surface area contributed by atoms with Crippen LogP contribution in [-0.2, 0) is 0 Å². The van der Waals surface area contributed by atoms with Crippen LogP contribution in [-0.4, -0.2) is 15.7 Å². The Bertz CT molecular complexity index is 412. The van der Waals surface area contributed by atoms with Gasteiger partial charge >= 0.3 is 0 Å². The fourth-order valence-electron chi connectivity index (χ4n) is 7.67. The lowest BCUT2D eigenvalue weighted by Gasteiger charge is -2.70. The van der Waals surface area contributed by atoms with Crippen molar-refractivity contribution in [3.05, 3.63) is 0 Å². The van der Waals surface area contributed by atoms with Gasteiger partial charge in [0.05, 0.1) is 15.7 Å². The topological polar surface area (TPSA) is 0 Å². The Balaban J connectivity index is 1.83. The van der Waals surface area contributed by atoms with Gasteiger partial charge in [0.1, 0.15) is 0 Å². The second-order valence-electron chi connectivity index (χ2n) is 9.25. The van der Waals surface area contributed by atoms with Gasteiger partial charge in [-0.15, -0.1) is 0 Å². The Kier molecular flexibility index (Phi) is 2.83. The second-order valence-corrected chi connectivity index (χ2v) is 9.25. The molecule has 4 aliphatic rings. The highest BCUT2D eigenvalue weighted by molar-refractivity contribution is 6.40. The smallest absolute Gasteiger partial charge is 0.0624 e. The van der Waals surface area contributed by atoms with Crippen LogP contribution in [0.1, 0.15) is 59.3 Å². The van der Waals surface area contributed by atoms with Crippen LogP contribution in [0.5, 0.6) is 0 Å². The molecule has 0 saturated heterocycles. The van der Waals surface area contributed by atoms with Crippen molar-refractivity contribution >= 4 is 15.7 Å². The third kappa shape index (κ3) is 1.57. The molecule has 0 amide bonds. The van der Waals surface area contributed by atoms with Gasteiger partial charge in [-0.05, 0) is 85.4 Å². The Labute approximate surface area is 127 Å². The van der Waals surface area contributed by atoms with Gasteiger partial charge in [0, 0.05) is 0 Å². The summed E-state index contributed by atoms with van der Waals surface area (Å²) in [5.41, 5.74) is 0.218. The minimum atomic E-state index is -0.499. The lowest BCUT2D eigenvalue weighted by Crippen LogP contribution is -2.62. The summed E-state index contributed by atoms with van der Waals surface area (Å²) < 4.78 is 0. The SMILES string of the molecule is [B]C([B])(C)C12CC3CC(C)C4CC(CC1C)CC2C4C3. The van der Waals surface area contributed by atoms with Crippen molar-refractivity contribution in [3.8, 4) is 0 Å². The predicted molar refractivity (Wildman–Crippen MR) is 85.8 cm³/mol. The zero-order valence-electron chi connectivity index (χ0n) is 13.4. The van der Waals surface area contributed by atoms with E-state index >= 15 is 0 Å². The van der Waals surface area contributed by atoms with Crippen molar-refractivity contribution in [1.29, 1.82) is 0 Å². The molecule has 0 spiro atoms. The summed E-state index contributed by atoms with van der Waals surface area (Å²) in [6, 6.07) is 0. The molecule has 20 heavy (non-hydrogen) atoms. The first-order chi connectivity index (χ1) is 9.33. The number of hydrogen-bond acceptors (Lipinski definition) is 0. The summed E-state index contributed by atoms with van der Waals surface area (Å²) in [4.78, 5) is 0. The van der Waals surface area contributed by atoms with Crippen molar-refractivity contribution < 1.29 is 0 Å². The molecular weight excluding hydrogens is 238 g/mol. The van der Waals surface area contributed by atoms with Crippen LogP contribution < -0.4 is 0 Å². The molecule has 2 heteroatoms. The first kappa shape index (κ1) is 13.8. The summed E-state index contributed by atoms with van der Waals surface area (Å²) in [6.07, 6.45) is 8.53. The Morgan fingerprint density at radius 2 is 1.60 bits per heavy atom. The Morgan fingerprint density at radius 3 is 2.30 bits per heavy atom. The first-order valence-electron chi connectivity index (χ1n) is 8.90. The minimum Gasteiger partial charge on any atom is -0.0957 e. The molecular formula is C18H28B2. The average Bonchev–Trinajstić information content (AvgIpc) is 2.35. The van der Waals surface area contributed by atoms with Crippen molar-refractivity contribution in [2.45, 2.75) is 64.5 Å². The van der Waals surface area contributed by atoms with Crippen LogP contribution in [0.25, 0.3) is 0 Å². The molecule has 4 aliphatic carbocycles. The maximum atomic E-state index is 6.62. The minimum absolute atomic E-state index is 0.218. The largest absolute Gasteiger partial charge is 0.0957 e. The van der Waals surface area contributed by atoms with E-state index in [0.717, 1.165) is 35.5 Å². The molecule has 0 heterocycles. The van der Waals surface area contributed by atoms with Gasteiger partial charge in [-0.1, -0.05) is 26.0 Å². The van der Waals surface area contributed by atoms with Gasteiger partial charge < -0.3 is 0 Å². The van der Waals surface area contributed by atoms with E-state index in [4.69, 9.17) is 15.7 Å². The Hall–Kier alpha value is 0.130. The van der Waals surface area contributed by atoms with Crippen LogP contribution in [0, 0.1) is 46.8 Å². The molecule has 4 fully saturated rings. The van der Waals surface area contributed by atoms with Crippen molar-refractivity contribution in [3.63, 3.8) is 0 Å². The summed E-state index contributed by atoms with van der Waals surface area (Å²) >= 11 is 0. The van der Waals surface area contributed by atoms with Gasteiger partial charge in [0.25, 0.3) is 0 Å². The number of fused-ring (bicyclic) bond motifs is 2. The third-order valence-corrected chi connectivity index (χ3v) is 8.16. The van der Waals surface area contributed by atoms with Crippen LogP contribution in [0.3, 0.4) is 0 Å². The van der Waals surface area contributed by atoms with Gasteiger partial charge in [0.15, 0.2) is 0 Å². The van der Waals surface area contributed by atoms with Crippen molar-refractivity contribution in [2.24, 2.45) is 46.8 Å². The van der Waals surface area contributed by atoms with E-state index in [1.54, 1.807) is 0 Å². The number of hydrogen-bond donors (Lipinski definition) is 0. The fourth-order valence-corrected chi connectivity index (χ4v) is 7.67. The van der Waals surface area contributed by atoms with Gasteiger partial charge in [-0.25, -0.2) is 0 Å². The van der Waals surface area contributed by atoms with Gasteiger partial charge in [-0.3, -0.25) is 0 Å². The molecule has 4 rings (SSSR count). The average molecular weight is 266 g/mol. The molecule has 4 bridgehead atoms. The maximum Gasteiger partial charge on any atom is 0.0624 e. The quantitative estimate of drug-likeness (QED) is 0.624. The lowest BCUT2D eigenvalue weighted by atomic mass is 9.28. The van der Waals surface area contributed by atoms with E-state index in [0.29, 0.717) is 5.92 Å². The van der Waals surface area contributed by atoms with Crippen LogP contribution in [0.2, 0.25) is 5.21 Å². The van der Waals surface area contributed by atoms with E-state index in [-0.39, 0.29) is 5.41 Å². The van der Waals surface area contributed by atoms with E-state index in [1.807, 2.05) is 0 Å². The fraction of sp³-hybridized carbons (Fsp3) is 1.00. The predicted octanol–water partition coefficient (Wildman–Crippen LogP) is 4.19. The molecule has 0 aromatic rings. The monoisotopic (exact) mass is 266 g/mol. The van der Waals surface area contributed by atoms with E-state index < -0.39 is 5.21 Å². The normalized spacial score (nSPS) is 57.6. The molecule has 0 nitrogen and oxygen atoms in total. The van der Waals surface area contributed by atoms with E-state index in [9.17, 15) is 0 Å². The highest BCUT2D eigenvalue weighted by atomic mass is 14.7. The second kappa shape index (κ2) is 4.11. The lowest BCUT2D eigenvalue weighted by molar-refractivity contribution is -0.169. The molecule has 106 valence electrons. The summed E-state index contributed by atoms with van der Waals surface area (Å²) in [7, 11) is 13.2. The molecule has 4 radical (unpaired) electrons. The molecule has 0 aliphatic heterocycles. The molecule has 0 aromatic carbocycles. The van der Waals surface area contributed by atoms with Crippen LogP contribution in [0.4, 0.5) is 0 Å². The zero-order chi connectivity index (χ0) is 14.3. The molecule has 0 aromatic heterocycles. The summed E-state index contributed by atoms with van der Waals surface area (Å²) in [6.45, 7) is 7.10. The summed E-state index contributed by atoms with van der Waals surface area (Å²) in [5.74, 6) is 6.24. The molecule has 8 unspecified atom stereocenters.